The van der Waals surface area contributed by atoms with Gasteiger partial charge in [0.25, 0.3) is 0 Å². The average molecular weight is 384 g/mol. The molecule has 28 heavy (non-hydrogen) atoms. The number of ether oxygens (including phenoxy) is 1. The lowest BCUT2D eigenvalue weighted by molar-refractivity contribution is -0.140. The minimum absolute atomic E-state index is 0.142. The van der Waals surface area contributed by atoms with Crippen molar-refractivity contribution in [2.45, 2.75) is 25.3 Å². The van der Waals surface area contributed by atoms with Crippen molar-refractivity contribution in [3.63, 3.8) is 0 Å². The van der Waals surface area contributed by atoms with Gasteiger partial charge in [-0.15, -0.1) is 0 Å². The highest BCUT2D eigenvalue weighted by atomic mass is 19.1. The first-order valence-corrected chi connectivity index (χ1v) is 9.57. The fourth-order valence-corrected chi connectivity index (χ4v) is 3.41. The number of amides is 2. The van der Waals surface area contributed by atoms with E-state index in [1.165, 1.54) is 12.1 Å². The second-order valence-electron chi connectivity index (χ2n) is 6.80. The van der Waals surface area contributed by atoms with E-state index in [0.29, 0.717) is 32.7 Å². The normalized spacial score (nSPS) is 16.3. The molecule has 1 heterocycles. The zero-order chi connectivity index (χ0) is 19.9. The van der Waals surface area contributed by atoms with Gasteiger partial charge >= 0.3 is 0 Å². The van der Waals surface area contributed by atoms with Gasteiger partial charge in [-0.1, -0.05) is 49.4 Å². The van der Waals surface area contributed by atoms with Crippen LogP contribution in [0, 0.1) is 5.82 Å². The molecule has 0 saturated carbocycles. The number of nitrogens with one attached hydrogen (secondary N) is 1. The number of hydrogen-bond donors (Lipinski definition) is 1. The minimum atomic E-state index is -0.763. The summed E-state index contributed by atoms with van der Waals surface area (Å²) in [5, 5.41) is 2.93. The van der Waals surface area contributed by atoms with E-state index >= 15 is 0 Å². The van der Waals surface area contributed by atoms with Gasteiger partial charge in [0.05, 0.1) is 19.1 Å². The van der Waals surface area contributed by atoms with Crippen molar-refractivity contribution in [3.05, 3.63) is 71.5 Å². The zero-order valence-corrected chi connectivity index (χ0v) is 15.9. The highest BCUT2D eigenvalue weighted by Gasteiger charge is 2.30. The summed E-state index contributed by atoms with van der Waals surface area (Å²) >= 11 is 0. The summed E-state index contributed by atoms with van der Waals surface area (Å²) in [7, 11) is 0. The predicted molar refractivity (Wildman–Crippen MR) is 104 cm³/mol. The number of carbonyl (C=O) groups is 2. The monoisotopic (exact) mass is 384 g/mol. The van der Waals surface area contributed by atoms with Gasteiger partial charge in [0.2, 0.25) is 11.8 Å². The largest absolute Gasteiger partial charge is 0.378 e. The summed E-state index contributed by atoms with van der Waals surface area (Å²) < 4.78 is 18.6. The second-order valence-corrected chi connectivity index (χ2v) is 6.80. The molecule has 2 aromatic rings. The fourth-order valence-electron chi connectivity index (χ4n) is 3.41. The molecule has 148 valence electrons. The Hall–Kier alpha value is -2.73. The molecule has 2 aromatic carbocycles. The Kier molecular flexibility index (Phi) is 6.76. The van der Waals surface area contributed by atoms with Crippen molar-refractivity contribution < 1.29 is 18.7 Å². The third-order valence-corrected chi connectivity index (χ3v) is 4.99. The van der Waals surface area contributed by atoms with Gasteiger partial charge in [-0.25, -0.2) is 4.39 Å². The Labute approximate surface area is 164 Å². The summed E-state index contributed by atoms with van der Waals surface area (Å²) in [5.74, 6) is -1.19. The second kappa shape index (κ2) is 9.46. The van der Waals surface area contributed by atoms with Crippen LogP contribution in [0.5, 0.6) is 0 Å². The Bertz CT molecular complexity index is 789. The molecule has 3 rings (SSSR count). The van der Waals surface area contributed by atoms with E-state index in [2.05, 4.69) is 5.32 Å². The van der Waals surface area contributed by atoms with Gasteiger partial charge in [-0.2, -0.15) is 0 Å². The van der Waals surface area contributed by atoms with E-state index in [1.54, 1.807) is 17.0 Å². The minimum Gasteiger partial charge on any atom is -0.378 e. The number of hydrogen-bond acceptors (Lipinski definition) is 3. The maximum Gasteiger partial charge on any atom is 0.249 e. The van der Waals surface area contributed by atoms with Gasteiger partial charge < -0.3 is 15.0 Å². The van der Waals surface area contributed by atoms with Crippen LogP contribution in [0.2, 0.25) is 0 Å². The molecule has 1 aliphatic rings. The summed E-state index contributed by atoms with van der Waals surface area (Å²) in [6, 6.07) is 14.4. The molecule has 0 aromatic heterocycles. The molecule has 6 heteroatoms. The molecule has 5 nitrogen and oxygen atoms in total. The van der Waals surface area contributed by atoms with Crippen molar-refractivity contribution in [1.82, 2.24) is 10.2 Å². The van der Waals surface area contributed by atoms with Crippen molar-refractivity contribution in [1.29, 1.82) is 0 Å². The SMILES string of the molecule is CCC(C(=O)N[C@H](C(=O)N1CCOCC1)c1ccccc1)c1ccc(F)cc1. The zero-order valence-electron chi connectivity index (χ0n) is 15.9. The van der Waals surface area contributed by atoms with Crippen LogP contribution >= 0.6 is 0 Å². The van der Waals surface area contributed by atoms with Crippen molar-refractivity contribution in [3.8, 4) is 0 Å². The number of morpholine rings is 1. The first kappa shape index (κ1) is 20.0. The molecule has 0 aliphatic carbocycles. The number of nitrogens with zero attached hydrogens (tertiary/aromatic N) is 1. The van der Waals surface area contributed by atoms with Crippen LogP contribution in [-0.2, 0) is 14.3 Å². The first-order valence-electron chi connectivity index (χ1n) is 9.57. The molecule has 1 unspecified atom stereocenters. The topological polar surface area (TPSA) is 58.6 Å². The predicted octanol–water partition coefficient (Wildman–Crippen LogP) is 3.04. The van der Waals surface area contributed by atoms with Crippen LogP contribution in [0.15, 0.2) is 54.6 Å². The van der Waals surface area contributed by atoms with Gasteiger partial charge in [0, 0.05) is 13.1 Å². The lowest BCUT2D eigenvalue weighted by Crippen LogP contribution is -2.48. The molecule has 0 spiro atoms. The lowest BCUT2D eigenvalue weighted by Gasteiger charge is -2.31. The third kappa shape index (κ3) is 4.75. The number of halogens is 1. The van der Waals surface area contributed by atoms with E-state index in [1.807, 2.05) is 37.3 Å². The average Bonchev–Trinajstić information content (AvgIpc) is 2.74. The first-order chi connectivity index (χ1) is 13.6. The summed E-state index contributed by atoms with van der Waals surface area (Å²) in [6.07, 6.45) is 0.546. The quantitative estimate of drug-likeness (QED) is 0.833. The number of rotatable bonds is 6. The maximum absolute atomic E-state index is 13.2. The van der Waals surface area contributed by atoms with Crippen LogP contribution in [0.4, 0.5) is 4.39 Å². The van der Waals surface area contributed by atoms with E-state index in [9.17, 15) is 14.0 Å². The molecular weight excluding hydrogens is 359 g/mol. The third-order valence-electron chi connectivity index (χ3n) is 4.99. The van der Waals surface area contributed by atoms with E-state index in [-0.39, 0.29) is 17.6 Å². The van der Waals surface area contributed by atoms with Crippen molar-refractivity contribution in [2.75, 3.05) is 26.3 Å². The van der Waals surface area contributed by atoms with Gasteiger partial charge in [-0.3, -0.25) is 9.59 Å². The smallest absolute Gasteiger partial charge is 0.249 e. The Morgan fingerprint density at radius 1 is 1.04 bits per heavy atom. The van der Waals surface area contributed by atoms with Crippen LogP contribution in [0.1, 0.15) is 36.4 Å². The summed E-state index contributed by atoms with van der Waals surface area (Å²) in [5.41, 5.74) is 1.47. The summed E-state index contributed by atoms with van der Waals surface area (Å²) in [6.45, 7) is 3.90. The van der Waals surface area contributed by atoms with Crippen molar-refractivity contribution >= 4 is 11.8 Å². The molecule has 2 atom stereocenters. The van der Waals surface area contributed by atoms with Crippen molar-refractivity contribution in [2.24, 2.45) is 0 Å². The van der Waals surface area contributed by atoms with E-state index in [0.717, 1.165) is 11.1 Å². The molecule has 0 bridgehead atoms. The van der Waals surface area contributed by atoms with E-state index < -0.39 is 12.0 Å². The maximum atomic E-state index is 13.2. The van der Waals surface area contributed by atoms with Crippen LogP contribution in [0.25, 0.3) is 0 Å². The summed E-state index contributed by atoms with van der Waals surface area (Å²) in [4.78, 5) is 27.9. The number of carbonyl (C=O) groups excluding carboxylic acids is 2. The Morgan fingerprint density at radius 2 is 1.68 bits per heavy atom. The van der Waals surface area contributed by atoms with Gasteiger partial charge in [0.1, 0.15) is 11.9 Å². The van der Waals surface area contributed by atoms with E-state index in [4.69, 9.17) is 4.74 Å². The van der Waals surface area contributed by atoms with Gasteiger partial charge in [0.15, 0.2) is 0 Å². The Balaban J connectivity index is 1.82. The molecule has 1 N–H and O–H groups in total. The van der Waals surface area contributed by atoms with Crippen LogP contribution < -0.4 is 5.32 Å². The molecule has 0 radical (unpaired) electrons. The molecule has 1 fully saturated rings. The highest BCUT2D eigenvalue weighted by molar-refractivity contribution is 5.91. The standard InChI is InChI=1S/C22H25FN2O3/c1-2-19(16-8-10-18(23)11-9-16)21(26)24-20(17-6-4-3-5-7-17)22(27)25-12-14-28-15-13-25/h3-11,19-20H,2,12-15H2,1H3,(H,24,26)/t19?,20-/m0/s1. The van der Waals surface area contributed by atoms with Crippen LogP contribution in [-0.4, -0.2) is 43.0 Å². The number of benzene rings is 2. The van der Waals surface area contributed by atoms with Crippen LogP contribution in [0.3, 0.4) is 0 Å². The molecule has 1 saturated heterocycles. The van der Waals surface area contributed by atoms with Gasteiger partial charge in [-0.05, 0) is 29.7 Å². The molecular formula is C22H25FN2O3. The highest BCUT2D eigenvalue weighted by Crippen LogP contribution is 2.23. The molecule has 2 amide bonds. The Morgan fingerprint density at radius 3 is 2.29 bits per heavy atom. The fraction of sp³-hybridized carbons (Fsp3) is 0.364. The molecule has 1 aliphatic heterocycles. The lowest BCUT2D eigenvalue weighted by atomic mass is 9.94.